The highest BCUT2D eigenvalue weighted by Crippen LogP contribution is 2.29. The molecule has 2 aliphatic carbocycles. The standard InChI is InChI=1S/C23H32N6O2S2/c1-29(2)20-16-6-4-5-7-17(16)26-22(28-20)24-14-8-10-15(11-9-14)25-23(32)27-18-12-13-33-19(18)21(30)31-3/h12-15H,4-11H2,1-3H3,(H,24,26,28)(H2,25,27,32)/t14-,15+. The second-order valence-corrected chi connectivity index (χ2v) is 10.2. The van der Waals surface area contributed by atoms with Crippen molar-refractivity contribution >= 4 is 52.1 Å². The van der Waals surface area contributed by atoms with Crippen molar-refractivity contribution in [2.75, 3.05) is 36.7 Å². The van der Waals surface area contributed by atoms with Crippen LogP contribution >= 0.6 is 23.6 Å². The Kier molecular flexibility index (Phi) is 7.64. The summed E-state index contributed by atoms with van der Waals surface area (Å²) < 4.78 is 4.83. The van der Waals surface area contributed by atoms with Gasteiger partial charge in [0, 0.05) is 31.7 Å². The number of thiocarbonyl (C=S) groups is 1. The lowest BCUT2D eigenvalue weighted by Crippen LogP contribution is -2.42. The van der Waals surface area contributed by atoms with Crippen molar-refractivity contribution in [3.63, 3.8) is 0 Å². The molecule has 0 unspecified atom stereocenters. The summed E-state index contributed by atoms with van der Waals surface area (Å²) >= 11 is 6.82. The lowest BCUT2D eigenvalue weighted by atomic mass is 9.91. The van der Waals surface area contributed by atoms with Crippen molar-refractivity contribution < 1.29 is 9.53 Å². The average Bonchev–Trinajstić information content (AvgIpc) is 3.27. The van der Waals surface area contributed by atoms with Crippen molar-refractivity contribution in [3.8, 4) is 0 Å². The quantitative estimate of drug-likeness (QED) is 0.412. The van der Waals surface area contributed by atoms with Crippen molar-refractivity contribution in [2.24, 2.45) is 0 Å². The molecule has 8 nitrogen and oxygen atoms in total. The molecule has 2 heterocycles. The van der Waals surface area contributed by atoms with E-state index in [9.17, 15) is 4.79 Å². The number of fused-ring (bicyclic) bond motifs is 1. The highest BCUT2D eigenvalue weighted by molar-refractivity contribution is 7.80. The predicted molar refractivity (Wildman–Crippen MR) is 138 cm³/mol. The molecule has 0 bridgehead atoms. The molecule has 4 rings (SSSR count). The topological polar surface area (TPSA) is 91.4 Å². The maximum atomic E-state index is 11.9. The Balaban J connectivity index is 1.30. The monoisotopic (exact) mass is 488 g/mol. The van der Waals surface area contributed by atoms with Gasteiger partial charge < -0.3 is 25.6 Å². The van der Waals surface area contributed by atoms with E-state index in [1.807, 2.05) is 11.4 Å². The van der Waals surface area contributed by atoms with Crippen LogP contribution in [0.25, 0.3) is 0 Å². The summed E-state index contributed by atoms with van der Waals surface area (Å²) in [5.41, 5.74) is 3.20. The highest BCUT2D eigenvalue weighted by Gasteiger charge is 2.25. The van der Waals surface area contributed by atoms with E-state index in [-0.39, 0.29) is 5.97 Å². The van der Waals surface area contributed by atoms with Gasteiger partial charge in [-0.15, -0.1) is 11.3 Å². The van der Waals surface area contributed by atoms with E-state index in [1.165, 1.54) is 42.5 Å². The molecule has 2 aromatic rings. The van der Waals surface area contributed by atoms with E-state index in [0.29, 0.717) is 27.8 Å². The zero-order valence-corrected chi connectivity index (χ0v) is 21.1. The number of esters is 1. The van der Waals surface area contributed by atoms with Gasteiger partial charge in [-0.3, -0.25) is 0 Å². The van der Waals surface area contributed by atoms with Gasteiger partial charge in [0.05, 0.1) is 18.5 Å². The van der Waals surface area contributed by atoms with E-state index in [2.05, 4.69) is 34.9 Å². The number of hydrogen-bond acceptors (Lipinski definition) is 8. The normalized spacial score (nSPS) is 19.8. The smallest absolute Gasteiger partial charge is 0.350 e. The van der Waals surface area contributed by atoms with E-state index in [0.717, 1.165) is 50.3 Å². The molecular weight excluding hydrogens is 456 g/mol. The Morgan fingerprint density at radius 3 is 2.61 bits per heavy atom. The highest BCUT2D eigenvalue weighted by atomic mass is 32.1. The van der Waals surface area contributed by atoms with Crippen LogP contribution in [0.15, 0.2) is 11.4 Å². The van der Waals surface area contributed by atoms with Gasteiger partial charge in [0.25, 0.3) is 0 Å². The van der Waals surface area contributed by atoms with Crippen LogP contribution in [0.1, 0.15) is 59.5 Å². The van der Waals surface area contributed by atoms with Crippen LogP contribution in [0.5, 0.6) is 0 Å². The van der Waals surface area contributed by atoms with Crippen LogP contribution in [0.4, 0.5) is 17.5 Å². The van der Waals surface area contributed by atoms with Gasteiger partial charge in [0.15, 0.2) is 5.11 Å². The Hall–Kier alpha value is -2.46. The molecule has 0 spiro atoms. The Morgan fingerprint density at radius 1 is 1.15 bits per heavy atom. The molecule has 1 fully saturated rings. The number of aromatic nitrogens is 2. The minimum atomic E-state index is -0.358. The number of ether oxygens (including phenoxy) is 1. The molecule has 2 aliphatic rings. The largest absolute Gasteiger partial charge is 0.465 e. The molecule has 3 N–H and O–H groups in total. The van der Waals surface area contributed by atoms with Crippen molar-refractivity contribution in [3.05, 3.63) is 27.6 Å². The minimum Gasteiger partial charge on any atom is -0.465 e. The number of methoxy groups -OCH3 is 1. The Bertz CT molecular complexity index is 1000. The molecule has 33 heavy (non-hydrogen) atoms. The lowest BCUT2D eigenvalue weighted by molar-refractivity contribution is 0.0607. The molecule has 1 saturated carbocycles. The van der Waals surface area contributed by atoms with Crippen molar-refractivity contribution in [1.82, 2.24) is 15.3 Å². The Labute approximate surface area is 204 Å². The first-order valence-corrected chi connectivity index (χ1v) is 12.8. The number of nitrogens with one attached hydrogen (secondary N) is 3. The lowest BCUT2D eigenvalue weighted by Gasteiger charge is -2.31. The van der Waals surface area contributed by atoms with E-state index < -0.39 is 0 Å². The first-order valence-electron chi connectivity index (χ1n) is 11.5. The summed E-state index contributed by atoms with van der Waals surface area (Å²) in [6, 6.07) is 2.49. The summed E-state index contributed by atoms with van der Waals surface area (Å²) in [5.74, 6) is 1.44. The zero-order valence-electron chi connectivity index (χ0n) is 19.4. The maximum absolute atomic E-state index is 11.9. The number of anilines is 3. The summed E-state index contributed by atoms with van der Waals surface area (Å²) in [5, 5.41) is 12.5. The maximum Gasteiger partial charge on any atom is 0.350 e. The fourth-order valence-corrected chi connectivity index (χ4v) is 5.62. The zero-order chi connectivity index (χ0) is 23.4. The molecule has 0 saturated heterocycles. The van der Waals surface area contributed by atoms with Crippen molar-refractivity contribution in [2.45, 2.75) is 63.5 Å². The van der Waals surface area contributed by atoms with Crippen LogP contribution in [0.2, 0.25) is 0 Å². The fourth-order valence-electron chi connectivity index (χ4n) is 4.58. The third kappa shape index (κ3) is 5.73. The van der Waals surface area contributed by atoms with E-state index in [4.69, 9.17) is 26.9 Å². The number of nitrogens with zero attached hydrogens (tertiary/aromatic N) is 3. The molecule has 0 aromatic carbocycles. The second kappa shape index (κ2) is 10.6. The van der Waals surface area contributed by atoms with Gasteiger partial charge in [-0.1, -0.05) is 0 Å². The average molecular weight is 489 g/mol. The van der Waals surface area contributed by atoms with Gasteiger partial charge >= 0.3 is 5.97 Å². The molecule has 10 heteroatoms. The summed E-state index contributed by atoms with van der Waals surface area (Å²) in [4.78, 5) is 24.2. The van der Waals surface area contributed by atoms with Crippen LogP contribution in [-0.4, -0.2) is 54.3 Å². The van der Waals surface area contributed by atoms with Gasteiger partial charge in [-0.2, -0.15) is 4.98 Å². The van der Waals surface area contributed by atoms with Gasteiger partial charge in [0.1, 0.15) is 10.7 Å². The summed E-state index contributed by atoms with van der Waals surface area (Å²) in [7, 11) is 5.49. The first-order chi connectivity index (χ1) is 15.9. The van der Waals surface area contributed by atoms with Crippen LogP contribution in [0, 0.1) is 0 Å². The number of carbonyl (C=O) groups excluding carboxylic acids is 1. The van der Waals surface area contributed by atoms with E-state index in [1.54, 1.807) is 0 Å². The number of rotatable bonds is 6. The van der Waals surface area contributed by atoms with Crippen LogP contribution < -0.4 is 20.9 Å². The molecular formula is C23H32N6O2S2. The number of hydrogen-bond donors (Lipinski definition) is 3. The van der Waals surface area contributed by atoms with Crippen LogP contribution in [-0.2, 0) is 17.6 Å². The second-order valence-electron chi connectivity index (χ2n) is 8.84. The predicted octanol–water partition coefficient (Wildman–Crippen LogP) is 3.98. The van der Waals surface area contributed by atoms with Gasteiger partial charge in [-0.05, 0) is 75.0 Å². The molecule has 2 aromatic heterocycles. The molecule has 0 atom stereocenters. The SMILES string of the molecule is COC(=O)c1sccc1NC(=S)N[C@H]1CC[C@@H](Nc2nc3c(c(N(C)C)n2)CCCC3)CC1. The molecule has 0 aliphatic heterocycles. The number of thiophene rings is 1. The van der Waals surface area contributed by atoms with Gasteiger partial charge in [0.2, 0.25) is 5.95 Å². The number of carbonyl (C=O) groups is 1. The van der Waals surface area contributed by atoms with E-state index >= 15 is 0 Å². The first kappa shape index (κ1) is 23.7. The number of aryl methyl sites for hydroxylation is 1. The van der Waals surface area contributed by atoms with Gasteiger partial charge in [-0.25, -0.2) is 9.78 Å². The molecule has 0 radical (unpaired) electrons. The third-order valence-corrected chi connectivity index (χ3v) is 7.38. The Morgan fingerprint density at radius 2 is 1.88 bits per heavy atom. The minimum absolute atomic E-state index is 0.296. The molecule has 178 valence electrons. The third-order valence-electron chi connectivity index (χ3n) is 6.26. The summed E-state index contributed by atoms with van der Waals surface area (Å²) in [6.45, 7) is 0. The summed E-state index contributed by atoms with van der Waals surface area (Å²) in [6.07, 6.45) is 8.56. The molecule has 0 amide bonds. The van der Waals surface area contributed by atoms with Crippen molar-refractivity contribution in [1.29, 1.82) is 0 Å². The fraction of sp³-hybridized carbons (Fsp3) is 0.565. The van der Waals surface area contributed by atoms with Crippen LogP contribution in [0.3, 0.4) is 0 Å².